The molecule has 0 unspecified atom stereocenters. The molecule has 0 aliphatic heterocycles. The molecule has 0 spiro atoms. The number of rotatable bonds is 5. The molecular formula is C21H14F2N2O3. The highest BCUT2D eigenvalue weighted by atomic mass is 19.1. The van der Waals surface area contributed by atoms with Crippen LogP contribution in [0, 0.1) is 11.6 Å². The van der Waals surface area contributed by atoms with E-state index in [1.165, 1.54) is 16.7 Å². The summed E-state index contributed by atoms with van der Waals surface area (Å²) >= 11 is 0. The molecule has 2 heterocycles. The van der Waals surface area contributed by atoms with E-state index in [0.717, 1.165) is 17.7 Å². The third kappa shape index (κ3) is 3.46. The first-order valence-corrected chi connectivity index (χ1v) is 8.54. The van der Waals surface area contributed by atoms with Crippen molar-refractivity contribution in [2.45, 2.75) is 13.0 Å². The second kappa shape index (κ2) is 7.19. The molecule has 4 rings (SSSR count). The van der Waals surface area contributed by atoms with Gasteiger partial charge in [-0.05, 0) is 54.4 Å². The first-order chi connectivity index (χ1) is 13.5. The lowest BCUT2D eigenvalue weighted by atomic mass is 10.0. The number of hydrogen-bond acceptors (Lipinski definition) is 4. The number of pyridine rings is 1. The van der Waals surface area contributed by atoms with Gasteiger partial charge < -0.3 is 4.42 Å². The first-order valence-electron chi connectivity index (χ1n) is 8.54. The maximum atomic E-state index is 13.4. The second-order valence-electron chi connectivity index (χ2n) is 6.29. The molecule has 0 N–H and O–H groups in total. The summed E-state index contributed by atoms with van der Waals surface area (Å²) < 4.78 is 33.5. The number of benzene rings is 2. The molecule has 0 saturated carbocycles. The molecule has 0 bridgehead atoms. The zero-order valence-electron chi connectivity index (χ0n) is 14.6. The van der Waals surface area contributed by atoms with E-state index in [1.807, 2.05) is 12.1 Å². The van der Waals surface area contributed by atoms with Crippen molar-refractivity contribution in [2.75, 3.05) is 0 Å². The molecule has 0 saturated heterocycles. The molecule has 5 nitrogen and oxygen atoms in total. The minimum absolute atomic E-state index is 0.115. The van der Waals surface area contributed by atoms with Gasteiger partial charge in [0, 0.05) is 36.1 Å². The number of oxazole rings is 1. The molecule has 7 heteroatoms. The van der Waals surface area contributed by atoms with Crippen LogP contribution in [0.4, 0.5) is 8.78 Å². The van der Waals surface area contributed by atoms with Crippen molar-refractivity contribution in [3.8, 4) is 0 Å². The Morgan fingerprint density at radius 1 is 0.964 bits per heavy atom. The SMILES string of the molecule is O=C(c1cc(F)cc(F)c1)c1ccc2c(c1)oc(=O)n2CCc1ccncc1. The first kappa shape index (κ1) is 17.8. The van der Waals surface area contributed by atoms with Crippen LogP contribution in [0.15, 0.2) is 70.1 Å². The Labute approximate surface area is 157 Å². The highest BCUT2D eigenvalue weighted by molar-refractivity contribution is 6.10. The van der Waals surface area contributed by atoms with Crippen LogP contribution in [0.25, 0.3) is 11.1 Å². The normalized spacial score (nSPS) is 11.1. The number of fused-ring (bicyclic) bond motifs is 1. The number of carbonyl (C=O) groups is 1. The van der Waals surface area contributed by atoms with Gasteiger partial charge in [-0.15, -0.1) is 0 Å². The maximum Gasteiger partial charge on any atom is 0.419 e. The molecular weight excluding hydrogens is 366 g/mol. The molecule has 28 heavy (non-hydrogen) atoms. The van der Waals surface area contributed by atoms with Gasteiger partial charge in [0.2, 0.25) is 0 Å². The van der Waals surface area contributed by atoms with Gasteiger partial charge in [0.05, 0.1) is 5.52 Å². The predicted octanol–water partition coefficient (Wildman–Crippen LogP) is 3.74. The molecule has 0 radical (unpaired) electrons. The third-order valence-electron chi connectivity index (χ3n) is 4.43. The van der Waals surface area contributed by atoms with Crippen molar-refractivity contribution >= 4 is 16.9 Å². The lowest BCUT2D eigenvalue weighted by Gasteiger charge is -2.04. The van der Waals surface area contributed by atoms with Gasteiger partial charge in [-0.3, -0.25) is 14.3 Å². The number of ketones is 1. The van der Waals surface area contributed by atoms with Crippen molar-refractivity contribution in [3.63, 3.8) is 0 Å². The molecule has 0 atom stereocenters. The predicted molar refractivity (Wildman–Crippen MR) is 98.2 cm³/mol. The van der Waals surface area contributed by atoms with Crippen molar-refractivity contribution < 1.29 is 18.0 Å². The van der Waals surface area contributed by atoms with Crippen LogP contribution in [0.1, 0.15) is 21.5 Å². The van der Waals surface area contributed by atoms with E-state index in [1.54, 1.807) is 18.5 Å². The molecule has 4 aromatic rings. The summed E-state index contributed by atoms with van der Waals surface area (Å²) in [4.78, 5) is 28.7. The van der Waals surface area contributed by atoms with Gasteiger partial charge in [-0.25, -0.2) is 13.6 Å². The summed E-state index contributed by atoms with van der Waals surface area (Å²) in [6, 6.07) is 10.9. The van der Waals surface area contributed by atoms with E-state index < -0.39 is 23.2 Å². The van der Waals surface area contributed by atoms with Gasteiger partial charge in [0.15, 0.2) is 11.4 Å². The maximum absolute atomic E-state index is 13.4. The van der Waals surface area contributed by atoms with Crippen LogP contribution < -0.4 is 5.76 Å². The third-order valence-corrected chi connectivity index (χ3v) is 4.43. The van der Waals surface area contributed by atoms with E-state index >= 15 is 0 Å². The zero-order chi connectivity index (χ0) is 19.7. The van der Waals surface area contributed by atoms with Crippen LogP contribution in [0.5, 0.6) is 0 Å². The Balaban J connectivity index is 1.65. The Kier molecular flexibility index (Phi) is 4.57. The van der Waals surface area contributed by atoms with Gasteiger partial charge in [0.1, 0.15) is 11.6 Å². The smallest absolute Gasteiger partial charge is 0.408 e. The zero-order valence-corrected chi connectivity index (χ0v) is 14.6. The van der Waals surface area contributed by atoms with Crippen LogP contribution in [-0.4, -0.2) is 15.3 Å². The second-order valence-corrected chi connectivity index (χ2v) is 6.29. The Morgan fingerprint density at radius 2 is 1.68 bits per heavy atom. The standard InChI is InChI=1S/C21H14F2N2O3/c22-16-9-15(10-17(23)12-16)20(26)14-1-2-18-19(11-14)28-21(27)25(18)8-5-13-3-6-24-7-4-13/h1-4,6-7,9-12H,5,8H2. The Bertz CT molecular complexity index is 1210. The van der Waals surface area contributed by atoms with Crippen molar-refractivity contribution in [1.82, 2.24) is 9.55 Å². The lowest BCUT2D eigenvalue weighted by Crippen LogP contribution is -2.15. The fourth-order valence-electron chi connectivity index (χ4n) is 3.06. The molecule has 0 amide bonds. The van der Waals surface area contributed by atoms with Crippen molar-refractivity contribution in [2.24, 2.45) is 0 Å². The molecule has 2 aromatic carbocycles. The Hall–Kier alpha value is -3.61. The Morgan fingerprint density at radius 3 is 2.39 bits per heavy atom. The summed E-state index contributed by atoms with van der Waals surface area (Å²) in [7, 11) is 0. The molecule has 0 aliphatic carbocycles. The lowest BCUT2D eigenvalue weighted by molar-refractivity contribution is 0.103. The number of aromatic nitrogens is 2. The van der Waals surface area contributed by atoms with Crippen LogP contribution in [-0.2, 0) is 13.0 Å². The summed E-state index contributed by atoms with van der Waals surface area (Å²) in [5.41, 5.74) is 1.86. The van der Waals surface area contributed by atoms with E-state index in [2.05, 4.69) is 4.98 Å². The summed E-state index contributed by atoms with van der Waals surface area (Å²) in [6.07, 6.45) is 3.97. The number of aryl methyl sites for hydroxylation is 2. The topological polar surface area (TPSA) is 65.1 Å². The highest BCUT2D eigenvalue weighted by Gasteiger charge is 2.16. The fraction of sp³-hybridized carbons (Fsp3) is 0.0952. The minimum Gasteiger partial charge on any atom is -0.408 e. The number of carbonyl (C=O) groups excluding carboxylic acids is 1. The number of halogens is 2. The van der Waals surface area contributed by atoms with E-state index in [0.29, 0.717) is 24.5 Å². The van der Waals surface area contributed by atoms with Gasteiger partial charge in [0.25, 0.3) is 0 Å². The fourth-order valence-corrected chi connectivity index (χ4v) is 3.06. The monoisotopic (exact) mass is 380 g/mol. The minimum atomic E-state index is -0.835. The molecule has 140 valence electrons. The van der Waals surface area contributed by atoms with E-state index in [9.17, 15) is 18.4 Å². The van der Waals surface area contributed by atoms with Crippen molar-refractivity contribution in [3.05, 3.63) is 99.8 Å². The van der Waals surface area contributed by atoms with Gasteiger partial charge >= 0.3 is 5.76 Å². The summed E-state index contributed by atoms with van der Waals surface area (Å²) in [5.74, 6) is -2.77. The average Bonchev–Trinajstić information content (AvgIpc) is 3.00. The number of hydrogen-bond donors (Lipinski definition) is 0. The average molecular weight is 380 g/mol. The van der Waals surface area contributed by atoms with Crippen LogP contribution in [0.2, 0.25) is 0 Å². The summed E-state index contributed by atoms with van der Waals surface area (Å²) in [6.45, 7) is 0.401. The van der Waals surface area contributed by atoms with Crippen molar-refractivity contribution in [1.29, 1.82) is 0 Å². The van der Waals surface area contributed by atoms with Gasteiger partial charge in [-0.1, -0.05) is 0 Å². The highest BCUT2D eigenvalue weighted by Crippen LogP contribution is 2.19. The quantitative estimate of drug-likeness (QED) is 0.495. The largest absolute Gasteiger partial charge is 0.419 e. The molecule has 2 aromatic heterocycles. The van der Waals surface area contributed by atoms with Crippen LogP contribution >= 0.6 is 0 Å². The van der Waals surface area contributed by atoms with E-state index in [-0.39, 0.29) is 16.7 Å². The van der Waals surface area contributed by atoms with Gasteiger partial charge in [-0.2, -0.15) is 0 Å². The van der Waals surface area contributed by atoms with E-state index in [4.69, 9.17) is 4.42 Å². The summed E-state index contributed by atoms with van der Waals surface area (Å²) in [5, 5.41) is 0. The number of nitrogens with zero attached hydrogens (tertiary/aromatic N) is 2. The molecule has 0 fully saturated rings. The van der Waals surface area contributed by atoms with Crippen LogP contribution in [0.3, 0.4) is 0 Å². The molecule has 0 aliphatic rings.